The van der Waals surface area contributed by atoms with Gasteiger partial charge in [0.15, 0.2) is 0 Å². The van der Waals surface area contributed by atoms with E-state index in [1.165, 1.54) is 17.5 Å². The fraction of sp³-hybridized carbons (Fsp3) is 0.231. The molecule has 2 nitrogen and oxygen atoms in total. The van der Waals surface area contributed by atoms with Crippen molar-refractivity contribution in [2.45, 2.75) is 19.3 Å². The number of rotatable bonds is 0. The largest absolute Gasteiger partial charge is 0.254 e. The summed E-state index contributed by atoms with van der Waals surface area (Å²) >= 11 is 0. The van der Waals surface area contributed by atoms with Gasteiger partial charge in [-0.25, -0.2) is 0 Å². The van der Waals surface area contributed by atoms with Crippen LogP contribution in [0.25, 0.3) is 11.4 Å². The Hall–Kier alpha value is -1.70. The van der Waals surface area contributed by atoms with Crippen LogP contribution >= 0.6 is 0 Å². The maximum atomic E-state index is 4.46. The first kappa shape index (κ1) is 8.60. The first-order valence-electron chi connectivity index (χ1n) is 5.33. The van der Waals surface area contributed by atoms with E-state index < -0.39 is 0 Å². The second kappa shape index (κ2) is 3.46. The first-order valence-corrected chi connectivity index (χ1v) is 5.33. The van der Waals surface area contributed by atoms with Crippen LogP contribution in [0, 0.1) is 0 Å². The number of aryl methyl sites for hydroxylation is 2. The molecule has 1 aliphatic rings. The summed E-state index contributed by atoms with van der Waals surface area (Å²) in [7, 11) is 0. The summed E-state index contributed by atoms with van der Waals surface area (Å²) in [5.74, 6) is 0. The highest BCUT2D eigenvalue weighted by Gasteiger charge is 2.15. The van der Waals surface area contributed by atoms with Gasteiger partial charge in [0, 0.05) is 12.4 Å². The first-order chi connectivity index (χ1) is 7.45. The zero-order valence-corrected chi connectivity index (χ0v) is 8.48. The van der Waals surface area contributed by atoms with Crippen LogP contribution in [0.1, 0.15) is 17.5 Å². The number of hydrogen-bond donors (Lipinski definition) is 0. The van der Waals surface area contributed by atoms with Gasteiger partial charge in [-0.1, -0.05) is 12.1 Å². The molecular weight excluding hydrogens is 184 g/mol. The van der Waals surface area contributed by atoms with Gasteiger partial charge >= 0.3 is 0 Å². The zero-order valence-electron chi connectivity index (χ0n) is 8.48. The summed E-state index contributed by atoms with van der Waals surface area (Å²) in [6.07, 6.45) is 7.11. The fourth-order valence-electron chi connectivity index (χ4n) is 2.18. The smallest absolute Gasteiger partial charge is 0.0920 e. The maximum absolute atomic E-state index is 4.46. The van der Waals surface area contributed by atoms with E-state index in [4.69, 9.17) is 0 Å². The summed E-state index contributed by atoms with van der Waals surface area (Å²) < 4.78 is 0. The third kappa shape index (κ3) is 1.42. The average Bonchev–Trinajstić information content (AvgIpc) is 2.48. The van der Waals surface area contributed by atoms with Crippen molar-refractivity contribution in [2.24, 2.45) is 0 Å². The summed E-state index contributed by atoms with van der Waals surface area (Å²) in [4.78, 5) is 8.92. The van der Waals surface area contributed by atoms with Gasteiger partial charge in [-0.3, -0.25) is 9.97 Å². The SMILES string of the molecule is c1cnc2c(c1)CCCc1cccnc1-2. The lowest BCUT2D eigenvalue weighted by atomic mass is 10.1. The molecule has 0 aliphatic heterocycles. The minimum Gasteiger partial charge on any atom is -0.254 e. The van der Waals surface area contributed by atoms with Gasteiger partial charge in [0.2, 0.25) is 0 Å². The third-order valence-corrected chi connectivity index (χ3v) is 2.90. The van der Waals surface area contributed by atoms with Crippen LogP contribution in [0.5, 0.6) is 0 Å². The van der Waals surface area contributed by atoms with E-state index in [0.717, 1.165) is 24.2 Å². The molecule has 0 aromatic carbocycles. The Bertz CT molecular complexity index is 446. The standard InChI is InChI=1S/C13H12N2/c1-4-10-6-2-8-14-12(10)13-11(5-1)7-3-9-15-13/h2-3,6-9H,1,4-5H2. The molecule has 2 aromatic heterocycles. The minimum absolute atomic E-state index is 1.07. The second-order valence-corrected chi connectivity index (χ2v) is 3.88. The number of fused-ring (bicyclic) bond motifs is 3. The molecule has 0 amide bonds. The molecule has 1 aliphatic carbocycles. The monoisotopic (exact) mass is 196 g/mol. The van der Waals surface area contributed by atoms with Crippen LogP contribution in [0.2, 0.25) is 0 Å². The van der Waals surface area contributed by atoms with Crippen molar-refractivity contribution in [2.75, 3.05) is 0 Å². The van der Waals surface area contributed by atoms with Crippen molar-refractivity contribution in [3.63, 3.8) is 0 Å². The summed E-state index contributed by atoms with van der Waals surface area (Å²) in [5, 5.41) is 0. The molecule has 0 bridgehead atoms. The van der Waals surface area contributed by atoms with Crippen LogP contribution in [0.3, 0.4) is 0 Å². The van der Waals surface area contributed by atoms with E-state index in [1.54, 1.807) is 0 Å². The van der Waals surface area contributed by atoms with Crippen molar-refractivity contribution < 1.29 is 0 Å². The molecule has 2 heteroatoms. The maximum Gasteiger partial charge on any atom is 0.0920 e. The van der Waals surface area contributed by atoms with Crippen LogP contribution in [-0.2, 0) is 12.8 Å². The molecule has 0 spiro atoms. The normalized spacial score (nSPS) is 13.9. The van der Waals surface area contributed by atoms with Crippen LogP contribution in [0.15, 0.2) is 36.7 Å². The lowest BCUT2D eigenvalue weighted by molar-refractivity contribution is 0.832. The molecule has 0 saturated carbocycles. The second-order valence-electron chi connectivity index (χ2n) is 3.88. The lowest BCUT2D eigenvalue weighted by Gasteiger charge is -2.05. The summed E-state index contributed by atoms with van der Waals surface area (Å²) in [5.41, 5.74) is 4.81. The van der Waals surface area contributed by atoms with E-state index in [9.17, 15) is 0 Å². The van der Waals surface area contributed by atoms with Gasteiger partial charge in [-0.05, 0) is 42.5 Å². The number of pyridine rings is 2. The van der Waals surface area contributed by atoms with Gasteiger partial charge in [0.1, 0.15) is 0 Å². The fourth-order valence-corrected chi connectivity index (χ4v) is 2.18. The topological polar surface area (TPSA) is 25.8 Å². The van der Waals surface area contributed by atoms with Crippen molar-refractivity contribution >= 4 is 0 Å². The third-order valence-electron chi connectivity index (χ3n) is 2.90. The van der Waals surface area contributed by atoms with Gasteiger partial charge in [0.05, 0.1) is 11.4 Å². The van der Waals surface area contributed by atoms with Crippen molar-refractivity contribution in [3.8, 4) is 11.4 Å². The molecule has 0 saturated heterocycles. The number of hydrogen-bond acceptors (Lipinski definition) is 2. The van der Waals surface area contributed by atoms with Crippen molar-refractivity contribution in [3.05, 3.63) is 47.8 Å². The Morgan fingerprint density at radius 3 is 1.87 bits per heavy atom. The van der Waals surface area contributed by atoms with E-state index in [-0.39, 0.29) is 0 Å². The Morgan fingerprint density at radius 1 is 0.800 bits per heavy atom. The predicted molar refractivity (Wildman–Crippen MR) is 59.5 cm³/mol. The molecule has 0 unspecified atom stereocenters. The molecule has 0 radical (unpaired) electrons. The Kier molecular flexibility index (Phi) is 1.98. The van der Waals surface area contributed by atoms with Crippen LogP contribution < -0.4 is 0 Å². The van der Waals surface area contributed by atoms with Crippen LogP contribution in [0.4, 0.5) is 0 Å². The van der Waals surface area contributed by atoms with Crippen molar-refractivity contribution in [1.29, 1.82) is 0 Å². The highest BCUT2D eigenvalue weighted by atomic mass is 14.8. The quantitative estimate of drug-likeness (QED) is 0.647. The van der Waals surface area contributed by atoms with Gasteiger partial charge < -0.3 is 0 Å². The van der Waals surface area contributed by atoms with E-state index in [2.05, 4.69) is 22.1 Å². The highest BCUT2D eigenvalue weighted by molar-refractivity contribution is 5.63. The van der Waals surface area contributed by atoms with Gasteiger partial charge in [-0.2, -0.15) is 0 Å². The zero-order chi connectivity index (χ0) is 10.1. The van der Waals surface area contributed by atoms with E-state index >= 15 is 0 Å². The molecule has 0 atom stereocenters. The molecular formula is C13H12N2. The Balaban J connectivity index is 2.27. The average molecular weight is 196 g/mol. The Labute approximate surface area is 89.0 Å². The molecule has 0 N–H and O–H groups in total. The Morgan fingerprint density at radius 2 is 1.33 bits per heavy atom. The van der Waals surface area contributed by atoms with E-state index in [1.807, 2.05) is 24.5 Å². The summed E-state index contributed by atoms with van der Waals surface area (Å²) in [6, 6.07) is 8.33. The molecule has 2 aromatic rings. The molecule has 0 fully saturated rings. The minimum atomic E-state index is 1.07. The van der Waals surface area contributed by atoms with E-state index in [0.29, 0.717) is 0 Å². The highest BCUT2D eigenvalue weighted by Crippen LogP contribution is 2.28. The number of nitrogens with zero attached hydrogens (tertiary/aromatic N) is 2. The van der Waals surface area contributed by atoms with Crippen LogP contribution in [-0.4, -0.2) is 9.97 Å². The van der Waals surface area contributed by atoms with Gasteiger partial charge in [-0.15, -0.1) is 0 Å². The lowest BCUT2D eigenvalue weighted by Crippen LogP contribution is -1.93. The molecule has 2 heterocycles. The number of aromatic nitrogens is 2. The van der Waals surface area contributed by atoms with Gasteiger partial charge in [0.25, 0.3) is 0 Å². The molecule has 74 valence electrons. The molecule has 3 rings (SSSR count). The predicted octanol–water partition coefficient (Wildman–Crippen LogP) is 2.63. The van der Waals surface area contributed by atoms with Crippen molar-refractivity contribution in [1.82, 2.24) is 9.97 Å². The summed E-state index contributed by atoms with van der Waals surface area (Å²) in [6.45, 7) is 0. The molecule has 15 heavy (non-hydrogen) atoms.